The summed E-state index contributed by atoms with van der Waals surface area (Å²) in [5.41, 5.74) is 1.97. The summed E-state index contributed by atoms with van der Waals surface area (Å²) < 4.78 is 39.0. The fraction of sp³-hybridized carbons (Fsp3) is 0.500. The number of ether oxygens (including phenoxy) is 2. The van der Waals surface area contributed by atoms with Gasteiger partial charge >= 0.3 is 0 Å². The van der Waals surface area contributed by atoms with Crippen molar-refractivity contribution in [2.45, 2.75) is 37.6 Å². The zero-order chi connectivity index (χ0) is 20.7. The van der Waals surface area contributed by atoms with Gasteiger partial charge in [0.2, 0.25) is 16.8 Å². The standard InChI is InChI=1S/C22H27N3O4S/c1-16(17-5-6-20-21(12-17)29-15-28-20)24-10-7-18-13-25(14-19-4-2-3-9-23-19)30(26,27)22(18)8-11-24/h2-6,9,12,16,18,22H,7-8,10-11,13-15H2,1H3. The molecule has 7 nitrogen and oxygen atoms in total. The SMILES string of the molecule is CC(c1ccc2c(c1)OCO2)N1CCC2CN(Cc3ccccn3)S(=O)(=O)C2CC1. The molecule has 3 aliphatic heterocycles. The summed E-state index contributed by atoms with van der Waals surface area (Å²) in [6.45, 7) is 5.08. The van der Waals surface area contributed by atoms with Crippen LogP contribution in [-0.4, -0.2) is 54.3 Å². The van der Waals surface area contributed by atoms with Crippen LogP contribution in [-0.2, 0) is 16.6 Å². The van der Waals surface area contributed by atoms with E-state index in [1.165, 1.54) is 5.56 Å². The van der Waals surface area contributed by atoms with Gasteiger partial charge in [-0.15, -0.1) is 0 Å². The summed E-state index contributed by atoms with van der Waals surface area (Å²) in [6.07, 6.45) is 3.27. The van der Waals surface area contributed by atoms with Crippen molar-refractivity contribution in [2.24, 2.45) is 5.92 Å². The highest BCUT2D eigenvalue weighted by Gasteiger charge is 2.47. The van der Waals surface area contributed by atoms with Gasteiger partial charge in [0.15, 0.2) is 11.5 Å². The largest absolute Gasteiger partial charge is 0.454 e. The molecule has 1 aromatic carbocycles. The molecule has 30 heavy (non-hydrogen) atoms. The van der Waals surface area contributed by atoms with Crippen LogP contribution in [0.1, 0.15) is 37.1 Å². The lowest BCUT2D eigenvalue weighted by Gasteiger charge is -2.28. The van der Waals surface area contributed by atoms with Gasteiger partial charge in [-0.2, -0.15) is 4.31 Å². The van der Waals surface area contributed by atoms with Crippen molar-refractivity contribution in [1.29, 1.82) is 0 Å². The number of benzene rings is 1. The van der Waals surface area contributed by atoms with Crippen LogP contribution in [0.25, 0.3) is 0 Å². The third-order valence-corrected chi connectivity index (χ3v) is 9.07. The third-order valence-electron chi connectivity index (χ3n) is 6.69. The van der Waals surface area contributed by atoms with Gasteiger partial charge in [0.25, 0.3) is 0 Å². The third kappa shape index (κ3) is 3.57. The Kier molecular flexibility index (Phi) is 5.16. The second-order valence-corrected chi connectivity index (χ2v) is 10.5. The maximum absolute atomic E-state index is 13.2. The van der Waals surface area contributed by atoms with E-state index in [9.17, 15) is 8.42 Å². The molecule has 0 N–H and O–H groups in total. The van der Waals surface area contributed by atoms with Crippen LogP contribution in [0.3, 0.4) is 0 Å². The molecule has 0 spiro atoms. The molecule has 3 unspecified atom stereocenters. The predicted octanol–water partition coefficient (Wildman–Crippen LogP) is 2.80. The molecule has 2 aromatic rings. The molecular formula is C22H27N3O4S. The van der Waals surface area contributed by atoms with Gasteiger partial charge < -0.3 is 9.47 Å². The number of nitrogens with zero attached hydrogens (tertiary/aromatic N) is 3. The highest BCUT2D eigenvalue weighted by molar-refractivity contribution is 7.90. The smallest absolute Gasteiger partial charge is 0.231 e. The lowest BCUT2D eigenvalue weighted by atomic mass is 10.0. The number of aromatic nitrogens is 1. The number of hydrogen-bond donors (Lipinski definition) is 0. The first kappa shape index (κ1) is 19.8. The van der Waals surface area contributed by atoms with Crippen LogP contribution in [0.15, 0.2) is 42.6 Å². The molecule has 3 aliphatic rings. The van der Waals surface area contributed by atoms with Crippen molar-refractivity contribution in [3.8, 4) is 11.5 Å². The number of likely N-dealkylation sites (tertiary alicyclic amines) is 1. The van der Waals surface area contributed by atoms with E-state index in [4.69, 9.17) is 9.47 Å². The Bertz CT molecular complexity index is 1010. The zero-order valence-electron chi connectivity index (χ0n) is 17.1. The molecule has 3 atom stereocenters. The van der Waals surface area contributed by atoms with Crippen LogP contribution in [0.4, 0.5) is 0 Å². The van der Waals surface area contributed by atoms with E-state index in [0.29, 0.717) is 19.5 Å². The molecule has 160 valence electrons. The molecule has 0 bridgehead atoms. The van der Waals surface area contributed by atoms with E-state index in [1.54, 1.807) is 10.5 Å². The van der Waals surface area contributed by atoms with E-state index in [1.807, 2.05) is 30.3 Å². The summed E-state index contributed by atoms with van der Waals surface area (Å²) in [7, 11) is -3.30. The average molecular weight is 430 g/mol. The number of rotatable bonds is 4. The van der Waals surface area contributed by atoms with Crippen LogP contribution in [0, 0.1) is 5.92 Å². The summed E-state index contributed by atoms with van der Waals surface area (Å²) in [4.78, 5) is 6.70. The molecule has 8 heteroatoms. The molecule has 0 amide bonds. The minimum Gasteiger partial charge on any atom is -0.454 e. The molecule has 5 rings (SSSR count). The van der Waals surface area contributed by atoms with E-state index >= 15 is 0 Å². The molecule has 1 aromatic heterocycles. The monoisotopic (exact) mass is 429 g/mol. The summed E-state index contributed by atoms with van der Waals surface area (Å²) in [6, 6.07) is 11.9. The topological polar surface area (TPSA) is 72.0 Å². The Hall–Kier alpha value is -2.16. The number of pyridine rings is 1. The first-order chi connectivity index (χ1) is 14.5. The number of fused-ring (bicyclic) bond motifs is 2. The summed E-state index contributed by atoms with van der Waals surface area (Å²) in [5, 5.41) is -0.296. The Morgan fingerprint density at radius 1 is 1.13 bits per heavy atom. The van der Waals surface area contributed by atoms with Crippen molar-refractivity contribution >= 4 is 10.0 Å². The normalized spacial score (nSPS) is 26.8. The van der Waals surface area contributed by atoms with Crippen molar-refractivity contribution in [2.75, 3.05) is 26.4 Å². The average Bonchev–Trinajstić information content (AvgIpc) is 3.22. The summed E-state index contributed by atoms with van der Waals surface area (Å²) >= 11 is 0. The van der Waals surface area contributed by atoms with Crippen LogP contribution in [0.2, 0.25) is 0 Å². The predicted molar refractivity (Wildman–Crippen MR) is 113 cm³/mol. The zero-order valence-corrected chi connectivity index (χ0v) is 17.9. The van der Waals surface area contributed by atoms with Gasteiger partial charge in [0.05, 0.1) is 17.5 Å². The Balaban J connectivity index is 1.28. The first-order valence-corrected chi connectivity index (χ1v) is 12.0. The minimum atomic E-state index is -3.30. The molecule has 2 saturated heterocycles. The van der Waals surface area contributed by atoms with Gasteiger partial charge in [-0.3, -0.25) is 9.88 Å². The van der Waals surface area contributed by atoms with E-state index in [-0.39, 0.29) is 24.0 Å². The van der Waals surface area contributed by atoms with Crippen LogP contribution >= 0.6 is 0 Å². The second-order valence-electron chi connectivity index (χ2n) is 8.36. The van der Waals surface area contributed by atoms with E-state index in [0.717, 1.165) is 36.7 Å². The highest BCUT2D eigenvalue weighted by atomic mass is 32.2. The fourth-order valence-corrected chi connectivity index (χ4v) is 7.12. The highest BCUT2D eigenvalue weighted by Crippen LogP contribution is 2.39. The van der Waals surface area contributed by atoms with Gasteiger partial charge in [-0.05, 0) is 62.1 Å². The van der Waals surface area contributed by atoms with Crippen molar-refractivity contribution < 1.29 is 17.9 Å². The molecular weight excluding hydrogens is 402 g/mol. The first-order valence-electron chi connectivity index (χ1n) is 10.5. The Morgan fingerprint density at radius 3 is 2.80 bits per heavy atom. The molecule has 2 fully saturated rings. The lowest BCUT2D eigenvalue weighted by molar-refractivity contribution is 0.173. The van der Waals surface area contributed by atoms with Crippen molar-refractivity contribution in [1.82, 2.24) is 14.2 Å². The van der Waals surface area contributed by atoms with Gasteiger partial charge in [0, 0.05) is 25.3 Å². The van der Waals surface area contributed by atoms with Gasteiger partial charge in [0.1, 0.15) is 0 Å². The molecule has 0 radical (unpaired) electrons. The van der Waals surface area contributed by atoms with Gasteiger partial charge in [-0.25, -0.2) is 8.42 Å². The van der Waals surface area contributed by atoms with Crippen molar-refractivity contribution in [3.63, 3.8) is 0 Å². The number of sulfonamides is 1. The second kappa shape index (κ2) is 7.83. The molecule has 4 heterocycles. The van der Waals surface area contributed by atoms with Crippen LogP contribution in [0.5, 0.6) is 11.5 Å². The maximum atomic E-state index is 13.2. The number of hydrogen-bond acceptors (Lipinski definition) is 6. The lowest BCUT2D eigenvalue weighted by Crippen LogP contribution is -2.33. The van der Waals surface area contributed by atoms with Gasteiger partial charge in [-0.1, -0.05) is 12.1 Å². The fourth-order valence-electron chi connectivity index (χ4n) is 4.91. The molecule has 0 aliphatic carbocycles. The Labute approximate surface area is 177 Å². The quantitative estimate of drug-likeness (QED) is 0.744. The molecule has 0 saturated carbocycles. The Morgan fingerprint density at radius 2 is 1.97 bits per heavy atom. The van der Waals surface area contributed by atoms with E-state index in [2.05, 4.69) is 22.9 Å². The minimum absolute atomic E-state index is 0.174. The van der Waals surface area contributed by atoms with Crippen molar-refractivity contribution in [3.05, 3.63) is 53.9 Å². The van der Waals surface area contributed by atoms with E-state index < -0.39 is 10.0 Å². The van der Waals surface area contributed by atoms with Crippen LogP contribution < -0.4 is 9.47 Å². The summed E-state index contributed by atoms with van der Waals surface area (Å²) in [5.74, 6) is 1.75. The maximum Gasteiger partial charge on any atom is 0.231 e.